The van der Waals surface area contributed by atoms with E-state index >= 15 is 0 Å². The lowest BCUT2D eigenvalue weighted by Crippen LogP contribution is -2.46. The molecule has 0 spiro atoms. The third-order valence-corrected chi connectivity index (χ3v) is 4.23. The molecule has 1 aromatic rings. The predicted molar refractivity (Wildman–Crippen MR) is 67.6 cm³/mol. The summed E-state index contributed by atoms with van der Waals surface area (Å²) in [4.78, 5) is 18.5. The van der Waals surface area contributed by atoms with Gasteiger partial charge in [-0.3, -0.25) is 15.1 Å². The maximum absolute atomic E-state index is 12.2. The molecule has 1 saturated heterocycles. The Hall–Kier alpha value is -1.07. The van der Waals surface area contributed by atoms with Gasteiger partial charge in [0, 0.05) is 43.0 Å². The van der Waals surface area contributed by atoms with Crippen LogP contribution >= 0.6 is 11.8 Å². The van der Waals surface area contributed by atoms with Crippen LogP contribution < -0.4 is 5.32 Å². The normalized spacial score (nSPS) is 23.5. The van der Waals surface area contributed by atoms with Crippen molar-refractivity contribution in [3.8, 4) is 0 Å². The van der Waals surface area contributed by atoms with Crippen LogP contribution in [0.2, 0.25) is 0 Å². The molecule has 1 N–H and O–H groups in total. The number of nitrogens with zero attached hydrogens (tertiary/aromatic N) is 2. The van der Waals surface area contributed by atoms with Crippen LogP contribution in [0.5, 0.6) is 0 Å². The third-order valence-electron chi connectivity index (χ3n) is 3.29. The second-order valence-corrected chi connectivity index (χ2v) is 5.42. The molecule has 5 heteroatoms. The maximum atomic E-state index is 12.2. The molecule has 1 atom stereocenters. The van der Waals surface area contributed by atoms with Gasteiger partial charge in [0.15, 0.2) is 0 Å². The first-order valence-electron chi connectivity index (χ1n) is 5.87. The Morgan fingerprint density at radius 3 is 3.35 bits per heavy atom. The number of hydrogen-bond donors (Lipinski definition) is 1. The number of carbonyl (C=O) groups is 1. The fourth-order valence-electron chi connectivity index (χ4n) is 2.33. The summed E-state index contributed by atoms with van der Waals surface area (Å²) in [6.45, 7) is 1.51. The van der Waals surface area contributed by atoms with Crippen molar-refractivity contribution >= 4 is 17.7 Å². The number of carbonyl (C=O) groups excluding carboxylic acids is 1. The van der Waals surface area contributed by atoms with Crippen LogP contribution in [0.1, 0.15) is 11.3 Å². The van der Waals surface area contributed by atoms with Crippen LogP contribution in [-0.4, -0.2) is 40.0 Å². The fourth-order valence-corrected chi connectivity index (χ4v) is 3.26. The molecule has 90 valence electrons. The van der Waals surface area contributed by atoms with Crippen LogP contribution in [0, 0.1) is 0 Å². The number of nitrogens with one attached hydrogen (secondary N) is 1. The zero-order valence-corrected chi connectivity index (χ0v) is 10.4. The Kier molecular flexibility index (Phi) is 3.03. The molecular formula is C12H15N3OS. The van der Waals surface area contributed by atoms with E-state index in [2.05, 4.69) is 16.4 Å². The molecule has 2 aliphatic rings. The van der Waals surface area contributed by atoms with E-state index in [-0.39, 0.29) is 11.9 Å². The molecule has 1 fully saturated rings. The monoisotopic (exact) mass is 249 g/mol. The average molecular weight is 249 g/mol. The van der Waals surface area contributed by atoms with Gasteiger partial charge in [0.1, 0.15) is 0 Å². The van der Waals surface area contributed by atoms with E-state index in [1.54, 1.807) is 11.8 Å². The lowest BCUT2D eigenvalue weighted by atomic mass is 10.1. The van der Waals surface area contributed by atoms with Crippen LogP contribution in [-0.2, 0) is 17.8 Å². The zero-order chi connectivity index (χ0) is 11.7. The molecule has 0 aliphatic carbocycles. The summed E-state index contributed by atoms with van der Waals surface area (Å²) < 4.78 is 0. The first-order chi connectivity index (χ1) is 8.34. The second-order valence-electron chi connectivity index (χ2n) is 4.39. The molecule has 0 radical (unpaired) electrons. The highest BCUT2D eigenvalue weighted by molar-refractivity contribution is 7.99. The Bertz CT molecular complexity index is 432. The van der Waals surface area contributed by atoms with Crippen LogP contribution in [0.3, 0.4) is 0 Å². The topological polar surface area (TPSA) is 45.2 Å². The molecule has 0 aromatic carbocycles. The van der Waals surface area contributed by atoms with Crippen molar-refractivity contribution in [2.75, 3.05) is 18.2 Å². The number of rotatable bonds is 1. The minimum Gasteiger partial charge on any atom is -0.337 e. The zero-order valence-electron chi connectivity index (χ0n) is 9.56. The lowest BCUT2D eigenvalue weighted by Gasteiger charge is -2.30. The first kappa shape index (κ1) is 11.0. The fraction of sp³-hybridized carbons (Fsp3) is 0.500. The Balaban J connectivity index is 1.73. The van der Waals surface area contributed by atoms with Gasteiger partial charge in [-0.15, -0.1) is 11.8 Å². The molecule has 2 aliphatic heterocycles. The molecule has 3 heterocycles. The van der Waals surface area contributed by atoms with Gasteiger partial charge in [-0.25, -0.2) is 0 Å². The van der Waals surface area contributed by atoms with Crippen molar-refractivity contribution < 1.29 is 4.79 Å². The van der Waals surface area contributed by atoms with Gasteiger partial charge in [0.2, 0.25) is 5.91 Å². The van der Waals surface area contributed by atoms with Gasteiger partial charge >= 0.3 is 0 Å². The van der Waals surface area contributed by atoms with Crippen molar-refractivity contribution in [2.45, 2.75) is 19.0 Å². The van der Waals surface area contributed by atoms with Crippen molar-refractivity contribution in [3.05, 3.63) is 29.6 Å². The van der Waals surface area contributed by atoms with E-state index in [9.17, 15) is 4.79 Å². The third kappa shape index (κ3) is 2.17. The molecule has 1 amide bonds. The summed E-state index contributed by atoms with van der Waals surface area (Å²) in [5.74, 6) is 2.03. The Morgan fingerprint density at radius 1 is 1.59 bits per heavy atom. The van der Waals surface area contributed by atoms with E-state index in [1.807, 2.05) is 17.2 Å². The van der Waals surface area contributed by atoms with Crippen LogP contribution in [0.25, 0.3) is 0 Å². The molecule has 0 bridgehead atoms. The molecule has 4 nitrogen and oxygen atoms in total. The number of pyridine rings is 1. The average Bonchev–Trinajstić information content (AvgIpc) is 2.91. The van der Waals surface area contributed by atoms with Crippen molar-refractivity contribution in [3.63, 3.8) is 0 Å². The first-order valence-corrected chi connectivity index (χ1v) is 7.03. The van der Waals surface area contributed by atoms with Crippen LogP contribution in [0.4, 0.5) is 0 Å². The number of thioether (sulfide) groups is 1. The maximum Gasteiger partial charge on any atom is 0.240 e. The van der Waals surface area contributed by atoms with Crippen LogP contribution in [0.15, 0.2) is 18.3 Å². The summed E-state index contributed by atoms with van der Waals surface area (Å²) in [5, 5.41) is 3.23. The molecule has 3 rings (SSSR count). The quantitative estimate of drug-likeness (QED) is 0.793. The highest BCUT2D eigenvalue weighted by atomic mass is 32.2. The molecule has 17 heavy (non-hydrogen) atoms. The number of amides is 1. The summed E-state index contributed by atoms with van der Waals surface area (Å²) in [5.41, 5.74) is 2.34. The minimum atomic E-state index is 0.0122. The van der Waals surface area contributed by atoms with Gasteiger partial charge in [0.05, 0.1) is 6.04 Å². The predicted octanol–water partition coefficient (Wildman–Crippen LogP) is 0.629. The van der Waals surface area contributed by atoms with E-state index in [1.165, 1.54) is 5.56 Å². The van der Waals surface area contributed by atoms with E-state index in [4.69, 9.17) is 0 Å². The molecule has 0 saturated carbocycles. The van der Waals surface area contributed by atoms with Crippen molar-refractivity contribution in [1.29, 1.82) is 0 Å². The van der Waals surface area contributed by atoms with Gasteiger partial charge in [-0.1, -0.05) is 6.07 Å². The Morgan fingerprint density at radius 2 is 2.53 bits per heavy atom. The highest BCUT2D eigenvalue weighted by Gasteiger charge is 2.29. The second kappa shape index (κ2) is 4.66. The van der Waals surface area contributed by atoms with E-state index < -0.39 is 0 Å². The largest absolute Gasteiger partial charge is 0.337 e. The Labute approximate surface area is 105 Å². The lowest BCUT2D eigenvalue weighted by molar-refractivity contribution is -0.133. The molecule has 1 unspecified atom stereocenters. The number of aromatic nitrogens is 1. The van der Waals surface area contributed by atoms with E-state index in [0.717, 1.165) is 30.3 Å². The van der Waals surface area contributed by atoms with E-state index in [0.29, 0.717) is 6.54 Å². The summed E-state index contributed by atoms with van der Waals surface area (Å²) in [6.07, 6.45) is 2.70. The van der Waals surface area contributed by atoms with Gasteiger partial charge < -0.3 is 4.90 Å². The molecular weight excluding hydrogens is 234 g/mol. The van der Waals surface area contributed by atoms with Gasteiger partial charge in [-0.2, -0.15) is 0 Å². The van der Waals surface area contributed by atoms with Crippen molar-refractivity contribution in [2.24, 2.45) is 0 Å². The summed E-state index contributed by atoms with van der Waals surface area (Å²) in [7, 11) is 0. The smallest absolute Gasteiger partial charge is 0.240 e. The van der Waals surface area contributed by atoms with Gasteiger partial charge in [0.25, 0.3) is 0 Å². The van der Waals surface area contributed by atoms with Gasteiger partial charge in [-0.05, 0) is 11.6 Å². The highest BCUT2D eigenvalue weighted by Crippen LogP contribution is 2.19. The van der Waals surface area contributed by atoms with Crippen molar-refractivity contribution in [1.82, 2.24) is 15.2 Å². The standard InChI is InChI=1S/C12H15N3OS/c16-12(11-7-17-8-14-11)15-5-3-10-9(6-15)2-1-4-13-10/h1-2,4,11,14H,3,5-8H2. The summed E-state index contributed by atoms with van der Waals surface area (Å²) >= 11 is 1.79. The SMILES string of the molecule is O=C(C1CSCN1)N1CCc2ncccc2C1. The number of hydrogen-bond acceptors (Lipinski definition) is 4. The minimum absolute atomic E-state index is 0.0122. The molecule has 1 aromatic heterocycles. The summed E-state index contributed by atoms with van der Waals surface area (Å²) in [6, 6.07) is 4.02. The number of fused-ring (bicyclic) bond motifs is 1.